The third-order valence-electron chi connectivity index (χ3n) is 4.63. The van der Waals surface area contributed by atoms with Crippen molar-refractivity contribution < 1.29 is 14.3 Å². The van der Waals surface area contributed by atoms with Crippen molar-refractivity contribution in [3.05, 3.63) is 71.5 Å². The molecule has 1 aromatic heterocycles. The van der Waals surface area contributed by atoms with Gasteiger partial charge in [-0.05, 0) is 49.7 Å². The summed E-state index contributed by atoms with van der Waals surface area (Å²) >= 11 is 0. The minimum Gasteiger partial charge on any atom is -0.493 e. The Bertz CT molecular complexity index is 965. The molecule has 0 atom stereocenters. The fraction of sp³-hybridized carbons (Fsp3) is 0.227. The molecular formula is C22H25N3O3. The van der Waals surface area contributed by atoms with E-state index in [1.54, 1.807) is 32.4 Å². The standard InChI is InChI=1S/C22H25N3O3/c1-15-12-17(16(2)25(15)19-8-6-5-7-9-19)14-23-22(26)24-18-10-11-20(27-3)21(13-18)28-4/h5-13H,14H2,1-4H3,(H2,23,24,26). The molecule has 0 aliphatic carbocycles. The number of carbonyl (C=O) groups excluding carboxylic acids is 1. The van der Waals surface area contributed by atoms with E-state index in [9.17, 15) is 4.79 Å². The molecule has 3 rings (SSSR count). The van der Waals surface area contributed by atoms with Crippen LogP contribution in [0.2, 0.25) is 0 Å². The first-order chi connectivity index (χ1) is 13.5. The molecule has 0 radical (unpaired) electrons. The number of aromatic nitrogens is 1. The molecule has 2 amide bonds. The van der Waals surface area contributed by atoms with Gasteiger partial charge in [0.1, 0.15) is 0 Å². The van der Waals surface area contributed by atoms with Crippen molar-refractivity contribution >= 4 is 11.7 Å². The quantitative estimate of drug-likeness (QED) is 0.666. The summed E-state index contributed by atoms with van der Waals surface area (Å²) in [4.78, 5) is 12.3. The summed E-state index contributed by atoms with van der Waals surface area (Å²) in [6.45, 7) is 4.56. The highest BCUT2D eigenvalue weighted by Crippen LogP contribution is 2.29. The molecule has 3 aromatic rings. The van der Waals surface area contributed by atoms with Crippen molar-refractivity contribution in [1.29, 1.82) is 0 Å². The number of carbonyl (C=O) groups is 1. The maximum atomic E-state index is 12.3. The molecule has 28 heavy (non-hydrogen) atoms. The number of benzene rings is 2. The van der Waals surface area contributed by atoms with Gasteiger partial charge in [0.2, 0.25) is 0 Å². The lowest BCUT2D eigenvalue weighted by atomic mass is 10.2. The number of urea groups is 1. The summed E-state index contributed by atoms with van der Waals surface area (Å²) in [6.07, 6.45) is 0. The molecular weight excluding hydrogens is 354 g/mol. The SMILES string of the molecule is COc1ccc(NC(=O)NCc2cc(C)n(-c3ccccc3)c2C)cc1OC. The first-order valence-corrected chi connectivity index (χ1v) is 9.03. The van der Waals surface area contributed by atoms with Crippen LogP contribution in [0.25, 0.3) is 5.69 Å². The van der Waals surface area contributed by atoms with E-state index in [1.165, 1.54) is 0 Å². The van der Waals surface area contributed by atoms with Gasteiger partial charge in [-0.25, -0.2) is 4.79 Å². The predicted molar refractivity (Wildman–Crippen MR) is 111 cm³/mol. The molecule has 0 unspecified atom stereocenters. The molecule has 2 N–H and O–H groups in total. The lowest BCUT2D eigenvalue weighted by Gasteiger charge is -2.12. The maximum Gasteiger partial charge on any atom is 0.319 e. The first-order valence-electron chi connectivity index (χ1n) is 9.03. The van der Waals surface area contributed by atoms with Gasteiger partial charge in [-0.1, -0.05) is 18.2 Å². The van der Waals surface area contributed by atoms with Gasteiger partial charge < -0.3 is 24.7 Å². The van der Waals surface area contributed by atoms with E-state index in [-0.39, 0.29) is 6.03 Å². The Labute approximate surface area is 165 Å². The number of hydrogen-bond acceptors (Lipinski definition) is 3. The minimum atomic E-state index is -0.281. The predicted octanol–water partition coefficient (Wildman–Crippen LogP) is 4.43. The van der Waals surface area contributed by atoms with Crippen molar-refractivity contribution in [3.8, 4) is 17.2 Å². The molecule has 6 nitrogen and oxygen atoms in total. The van der Waals surface area contributed by atoms with Gasteiger partial charge in [0.25, 0.3) is 0 Å². The molecule has 6 heteroatoms. The van der Waals surface area contributed by atoms with Crippen LogP contribution in [0.1, 0.15) is 17.0 Å². The molecule has 0 spiro atoms. The molecule has 0 fully saturated rings. The molecule has 0 bridgehead atoms. The summed E-state index contributed by atoms with van der Waals surface area (Å²) in [5.41, 5.74) is 5.04. The Morgan fingerprint density at radius 2 is 1.68 bits per heavy atom. The van der Waals surface area contributed by atoms with Crippen LogP contribution in [0.5, 0.6) is 11.5 Å². The van der Waals surface area contributed by atoms with Crippen molar-refractivity contribution in [1.82, 2.24) is 9.88 Å². The number of ether oxygens (including phenoxy) is 2. The fourth-order valence-corrected chi connectivity index (χ4v) is 3.25. The number of para-hydroxylation sites is 1. The van der Waals surface area contributed by atoms with Crippen LogP contribution in [0.15, 0.2) is 54.6 Å². The van der Waals surface area contributed by atoms with Gasteiger partial charge in [0.05, 0.1) is 14.2 Å². The highest BCUT2D eigenvalue weighted by molar-refractivity contribution is 5.89. The van der Waals surface area contributed by atoms with Gasteiger partial charge in [-0.2, -0.15) is 0 Å². The highest BCUT2D eigenvalue weighted by atomic mass is 16.5. The smallest absolute Gasteiger partial charge is 0.319 e. The zero-order valence-electron chi connectivity index (χ0n) is 16.6. The van der Waals surface area contributed by atoms with Gasteiger partial charge in [-0.3, -0.25) is 0 Å². The third kappa shape index (κ3) is 4.11. The number of rotatable bonds is 6. The molecule has 0 aliphatic heterocycles. The van der Waals surface area contributed by atoms with E-state index < -0.39 is 0 Å². The van der Waals surface area contributed by atoms with Crippen molar-refractivity contribution in [2.45, 2.75) is 20.4 Å². The second-order valence-corrected chi connectivity index (χ2v) is 6.44. The maximum absolute atomic E-state index is 12.3. The summed E-state index contributed by atoms with van der Waals surface area (Å²) in [7, 11) is 3.13. The Balaban J connectivity index is 1.67. The van der Waals surface area contributed by atoms with Gasteiger partial charge in [0.15, 0.2) is 11.5 Å². The first kappa shape index (κ1) is 19.4. The lowest BCUT2D eigenvalue weighted by Crippen LogP contribution is -2.28. The molecule has 0 aliphatic rings. The zero-order valence-corrected chi connectivity index (χ0v) is 16.6. The van der Waals surface area contributed by atoms with E-state index in [1.807, 2.05) is 18.2 Å². The van der Waals surface area contributed by atoms with E-state index in [0.717, 1.165) is 22.6 Å². The Hall–Kier alpha value is -3.41. The van der Waals surface area contributed by atoms with Crippen LogP contribution in [-0.4, -0.2) is 24.8 Å². The van der Waals surface area contributed by atoms with Crippen molar-refractivity contribution in [2.24, 2.45) is 0 Å². The van der Waals surface area contributed by atoms with E-state index in [0.29, 0.717) is 23.7 Å². The molecule has 2 aromatic carbocycles. The van der Waals surface area contributed by atoms with E-state index in [4.69, 9.17) is 9.47 Å². The average molecular weight is 379 g/mol. The van der Waals surface area contributed by atoms with Crippen LogP contribution >= 0.6 is 0 Å². The molecule has 146 valence electrons. The number of hydrogen-bond donors (Lipinski definition) is 2. The average Bonchev–Trinajstić information content (AvgIpc) is 3.00. The third-order valence-corrected chi connectivity index (χ3v) is 4.63. The summed E-state index contributed by atoms with van der Waals surface area (Å²) in [6, 6.07) is 17.2. The van der Waals surface area contributed by atoms with Crippen LogP contribution in [0.4, 0.5) is 10.5 Å². The largest absolute Gasteiger partial charge is 0.493 e. The van der Waals surface area contributed by atoms with Crippen LogP contribution < -0.4 is 20.1 Å². The Kier molecular flexibility index (Phi) is 5.89. The van der Waals surface area contributed by atoms with E-state index >= 15 is 0 Å². The van der Waals surface area contributed by atoms with Gasteiger partial charge in [0, 0.05) is 35.4 Å². The van der Waals surface area contributed by atoms with Crippen LogP contribution in [0, 0.1) is 13.8 Å². The summed E-state index contributed by atoms with van der Waals surface area (Å²) in [5, 5.41) is 5.73. The second-order valence-electron chi connectivity index (χ2n) is 6.44. The van der Waals surface area contributed by atoms with E-state index in [2.05, 4.69) is 47.2 Å². The number of anilines is 1. The van der Waals surface area contributed by atoms with Crippen LogP contribution in [0.3, 0.4) is 0 Å². The van der Waals surface area contributed by atoms with Crippen molar-refractivity contribution in [2.75, 3.05) is 19.5 Å². The second kappa shape index (κ2) is 8.52. The number of amides is 2. The normalized spacial score (nSPS) is 10.4. The number of aryl methyl sites for hydroxylation is 1. The fourth-order valence-electron chi connectivity index (χ4n) is 3.25. The topological polar surface area (TPSA) is 64.5 Å². The zero-order chi connectivity index (χ0) is 20.1. The number of methoxy groups -OCH3 is 2. The molecule has 1 heterocycles. The van der Waals surface area contributed by atoms with Crippen LogP contribution in [-0.2, 0) is 6.54 Å². The Morgan fingerprint density at radius 1 is 0.964 bits per heavy atom. The van der Waals surface area contributed by atoms with Crippen molar-refractivity contribution in [3.63, 3.8) is 0 Å². The van der Waals surface area contributed by atoms with Gasteiger partial charge in [-0.15, -0.1) is 0 Å². The summed E-state index contributed by atoms with van der Waals surface area (Å²) < 4.78 is 12.7. The molecule has 0 saturated carbocycles. The Morgan fingerprint density at radius 3 is 2.36 bits per heavy atom. The minimum absolute atomic E-state index is 0.281. The highest BCUT2D eigenvalue weighted by Gasteiger charge is 2.12. The molecule has 0 saturated heterocycles. The summed E-state index contributed by atoms with van der Waals surface area (Å²) in [5.74, 6) is 1.17. The lowest BCUT2D eigenvalue weighted by molar-refractivity contribution is 0.251. The number of nitrogens with zero attached hydrogens (tertiary/aromatic N) is 1. The van der Waals surface area contributed by atoms with Gasteiger partial charge >= 0.3 is 6.03 Å². The number of nitrogens with one attached hydrogen (secondary N) is 2. The monoisotopic (exact) mass is 379 g/mol.